The molecular weight excluding hydrogens is 252 g/mol. The van der Waals surface area contributed by atoms with E-state index in [0.29, 0.717) is 17.0 Å². The lowest BCUT2D eigenvalue weighted by atomic mass is 10.1. The molecule has 0 saturated heterocycles. The first-order chi connectivity index (χ1) is 9.58. The van der Waals surface area contributed by atoms with Gasteiger partial charge in [-0.3, -0.25) is 4.79 Å². The highest BCUT2D eigenvalue weighted by atomic mass is 16.5. The molecule has 20 heavy (non-hydrogen) atoms. The van der Waals surface area contributed by atoms with Crippen LogP contribution in [0.3, 0.4) is 0 Å². The van der Waals surface area contributed by atoms with Gasteiger partial charge < -0.3 is 9.84 Å². The van der Waals surface area contributed by atoms with E-state index >= 15 is 0 Å². The second-order valence-corrected chi connectivity index (χ2v) is 5.10. The van der Waals surface area contributed by atoms with Gasteiger partial charge in [-0.2, -0.15) is 0 Å². The summed E-state index contributed by atoms with van der Waals surface area (Å²) in [6.45, 7) is 5.54. The van der Waals surface area contributed by atoms with Crippen LogP contribution in [-0.4, -0.2) is 17.1 Å². The van der Waals surface area contributed by atoms with Crippen LogP contribution in [-0.2, 0) is 6.42 Å². The fraction of sp³-hybridized carbons (Fsp3) is 0.375. The summed E-state index contributed by atoms with van der Waals surface area (Å²) in [4.78, 5) is 12.2. The average molecular weight is 272 g/mol. The van der Waals surface area contributed by atoms with Crippen LogP contribution in [0.25, 0.3) is 0 Å². The standard InChI is InChI=1S/C16H20N2O2/c1-11(9-10-14-7-5-4-6-8-14)17-16(19)15-12(2)18-20-13(15)3/h4-8,11H,9-10H2,1-3H3,(H,17,19)/t11-/m0/s1. The van der Waals surface area contributed by atoms with Gasteiger partial charge in [-0.25, -0.2) is 0 Å². The third-order valence-corrected chi connectivity index (χ3v) is 3.35. The second-order valence-electron chi connectivity index (χ2n) is 5.10. The molecule has 0 bridgehead atoms. The minimum Gasteiger partial charge on any atom is -0.361 e. The lowest BCUT2D eigenvalue weighted by molar-refractivity contribution is 0.0936. The minimum atomic E-state index is -0.109. The van der Waals surface area contributed by atoms with E-state index in [-0.39, 0.29) is 11.9 Å². The number of nitrogens with zero attached hydrogens (tertiary/aromatic N) is 1. The number of nitrogens with one attached hydrogen (secondary N) is 1. The van der Waals surface area contributed by atoms with Crippen LogP contribution in [0, 0.1) is 13.8 Å². The highest BCUT2D eigenvalue weighted by molar-refractivity contribution is 5.96. The third-order valence-electron chi connectivity index (χ3n) is 3.35. The SMILES string of the molecule is Cc1noc(C)c1C(=O)N[C@@H](C)CCc1ccccc1. The predicted octanol–water partition coefficient (Wildman–Crippen LogP) is 3.04. The first-order valence-electron chi connectivity index (χ1n) is 6.85. The molecule has 1 N–H and O–H groups in total. The van der Waals surface area contributed by atoms with E-state index in [9.17, 15) is 4.79 Å². The molecule has 1 aromatic heterocycles. The summed E-state index contributed by atoms with van der Waals surface area (Å²) in [6.07, 6.45) is 1.85. The molecule has 0 aliphatic rings. The van der Waals surface area contributed by atoms with E-state index in [1.165, 1.54) is 5.56 Å². The smallest absolute Gasteiger partial charge is 0.256 e. The quantitative estimate of drug-likeness (QED) is 0.910. The summed E-state index contributed by atoms with van der Waals surface area (Å²) in [7, 11) is 0. The van der Waals surface area contributed by atoms with Crippen molar-refractivity contribution in [1.82, 2.24) is 10.5 Å². The van der Waals surface area contributed by atoms with Crippen molar-refractivity contribution in [3.05, 3.63) is 52.9 Å². The molecule has 4 heteroatoms. The average Bonchev–Trinajstić information content (AvgIpc) is 2.77. The Bertz CT molecular complexity index is 556. The van der Waals surface area contributed by atoms with Crippen LogP contribution in [0.4, 0.5) is 0 Å². The molecule has 2 rings (SSSR count). The maximum Gasteiger partial charge on any atom is 0.256 e. The lowest BCUT2D eigenvalue weighted by Crippen LogP contribution is -2.33. The van der Waals surface area contributed by atoms with Gasteiger partial charge in [-0.1, -0.05) is 35.5 Å². The van der Waals surface area contributed by atoms with Gasteiger partial charge >= 0.3 is 0 Å². The second kappa shape index (κ2) is 6.37. The maximum absolute atomic E-state index is 12.2. The molecule has 1 amide bonds. The summed E-state index contributed by atoms with van der Waals surface area (Å²) in [5.74, 6) is 0.456. The molecular formula is C16H20N2O2. The van der Waals surface area contributed by atoms with E-state index in [1.54, 1.807) is 13.8 Å². The molecule has 4 nitrogen and oxygen atoms in total. The van der Waals surface area contributed by atoms with Crippen LogP contribution >= 0.6 is 0 Å². The molecule has 0 aliphatic carbocycles. The van der Waals surface area contributed by atoms with Gasteiger partial charge in [0.1, 0.15) is 11.3 Å². The van der Waals surface area contributed by atoms with E-state index in [4.69, 9.17) is 4.52 Å². The van der Waals surface area contributed by atoms with Crippen molar-refractivity contribution in [3.63, 3.8) is 0 Å². The summed E-state index contributed by atoms with van der Waals surface area (Å²) < 4.78 is 5.02. The first kappa shape index (κ1) is 14.3. The third kappa shape index (κ3) is 3.47. The molecule has 1 atom stereocenters. The Morgan fingerprint density at radius 2 is 2.00 bits per heavy atom. The van der Waals surface area contributed by atoms with Crippen molar-refractivity contribution in [2.45, 2.75) is 39.7 Å². The Labute approximate surface area is 119 Å². The Morgan fingerprint density at radius 3 is 2.60 bits per heavy atom. The van der Waals surface area contributed by atoms with Gasteiger partial charge in [0.15, 0.2) is 0 Å². The van der Waals surface area contributed by atoms with Crippen LogP contribution in [0.1, 0.15) is 40.7 Å². The zero-order valence-electron chi connectivity index (χ0n) is 12.1. The Hall–Kier alpha value is -2.10. The molecule has 0 aliphatic heterocycles. The maximum atomic E-state index is 12.2. The molecule has 0 radical (unpaired) electrons. The van der Waals surface area contributed by atoms with Gasteiger partial charge in [0.25, 0.3) is 5.91 Å². The predicted molar refractivity (Wildman–Crippen MR) is 77.7 cm³/mol. The largest absolute Gasteiger partial charge is 0.361 e. The van der Waals surface area contributed by atoms with Gasteiger partial charge in [0.2, 0.25) is 0 Å². The number of hydrogen-bond acceptors (Lipinski definition) is 3. The summed E-state index contributed by atoms with van der Waals surface area (Å²) in [5.41, 5.74) is 2.47. The highest BCUT2D eigenvalue weighted by Gasteiger charge is 2.18. The number of carbonyl (C=O) groups excluding carboxylic acids is 1. The van der Waals surface area contributed by atoms with Crippen LogP contribution in [0.15, 0.2) is 34.9 Å². The van der Waals surface area contributed by atoms with Crippen molar-refractivity contribution in [2.75, 3.05) is 0 Å². The lowest BCUT2D eigenvalue weighted by Gasteiger charge is -2.13. The fourth-order valence-electron chi connectivity index (χ4n) is 2.20. The molecule has 0 unspecified atom stereocenters. The molecule has 1 aromatic carbocycles. The molecule has 0 spiro atoms. The number of aryl methyl sites for hydroxylation is 3. The number of carbonyl (C=O) groups is 1. The van der Waals surface area contributed by atoms with Crippen molar-refractivity contribution in [3.8, 4) is 0 Å². The summed E-state index contributed by atoms with van der Waals surface area (Å²) in [5, 5.41) is 6.80. The van der Waals surface area contributed by atoms with Crippen molar-refractivity contribution in [2.24, 2.45) is 0 Å². The fourth-order valence-corrected chi connectivity index (χ4v) is 2.20. The molecule has 1 heterocycles. The number of benzene rings is 1. The highest BCUT2D eigenvalue weighted by Crippen LogP contribution is 2.12. The van der Waals surface area contributed by atoms with E-state index in [1.807, 2.05) is 25.1 Å². The van der Waals surface area contributed by atoms with Gasteiger partial charge in [-0.05, 0) is 39.2 Å². The molecule has 0 saturated carbocycles. The zero-order chi connectivity index (χ0) is 14.5. The zero-order valence-corrected chi connectivity index (χ0v) is 12.1. The van der Waals surface area contributed by atoms with Gasteiger partial charge in [0.05, 0.1) is 5.69 Å². The van der Waals surface area contributed by atoms with Crippen LogP contribution in [0.2, 0.25) is 0 Å². The summed E-state index contributed by atoms with van der Waals surface area (Å²) in [6, 6.07) is 10.4. The Balaban J connectivity index is 1.89. The van der Waals surface area contributed by atoms with Crippen LogP contribution in [0.5, 0.6) is 0 Å². The monoisotopic (exact) mass is 272 g/mol. The Kier molecular flexibility index (Phi) is 4.56. The van der Waals surface area contributed by atoms with E-state index in [2.05, 4.69) is 22.6 Å². The van der Waals surface area contributed by atoms with Crippen molar-refractivity contribution < 1.29 is 9.32 Å². The summed E-state index contributed by atoms with van der Waals surface area (Å²) >= 11 is 0. The number of amides is 1. The topological polar surface area (TPSA) is 55.1 Å². The molecule has 2 aromatic rings. The normalized spacial score (nSPS) is 12.2. The molecule has 0 fully saturated rings. The van der Waals surface area contributed by atoms with Crippen LogP contribution < -0.4 is 5.32 Å². The number of rotatable bonds is 5. The molecule has 106 valence electrons. The van der Waals surface area contributed by atoms with E-state index in [0.717, 1.165) is 12.8 Å². The van der Waals surface area contributed by atoms with Crippen molar-refractivity contribution in [1.29, 1.82) is 0 Å². The van der Waals surface area contributed by atoms with E-state index < -0.39 is 0 Å². The van der Waals surface area contributed by atoms with Gasteiger partial charge in [0, 0.05) is 6.04 Å². The minimum absolute atomic E-state index is 0.108. The Morgan fingerprint density at radius 1 is 1.30 bits per heavy atom. The first-order valence-corrected chi connectivity index (χ1v) is 6.85. The van der Waals surface area contributed by atoms with Gasteiger partial charge in [-0.15, -0.1) is 0 Å². The number of hydrogen-bond donors (Lipinski definition) is 1. The number of aromatic nitrogens is 1. The van der Waals surface area contributed by atoms with Crippen molar-refractivity contribution >= 4 is 5.91 Å².